The van der Waals surface area contributed by atoms with E-state index in [1.54, 1.807) is 6.20 Å². The molecule has 1 aliphatic carbocycles. The van der Waals surface area contributed by atoms with E-state index in [2.05, 4.69) is 35.0 Å². The van der Waals surface area contributed by atoms with Crippen molar-refractivity contribution in [3.63, 3.8) is 0 Å². The van der Waals surface area contributed by atoms with Crippen LogP contribution in [0.25, 0.3) is 11.0 Å². The molecule has 2 unspecified atom stereocenters. The minimum Gasteiger partial charge on any atom is -0.461 e. The van der Waals surface area contributed by atoms with Crippen LogP contribution in [0.3, 0.4) is 0 Å². The smallest absolute Gasteiger partial charge is 0.134 e. The first kappa shape index (κ1) is 17.9. The molecule has 0 amide bonds. The number of piperidine rings is 1. The Labute approximate surface area is 166 Å². The molecular weight excluding hydrogens is 348 g/mol. The van der Waals surface area contributed by atoms with Crippen LogP contribution in [-0.4, -0.2) is 28.1 Å². The molecule has 3 heterocycles. The quantitative estimate of drug-likeness (QED) is 0.728. The molecule has 2 aromatic heterocycles. The van der Waals surface area contributed by atoms with Gasteiger partial charge >= 0.3 is 0 Å². The molecule has 1 saturated carbocycles. The van der Waals surface area contributed by atoms with Crippen molar-refractivity contribution in [1.82, 2.24) is 9.88 Å². The number of hydrogen-bond acceptors (Lipinski definition) is 4. The van der Waals surface area contributed by atoms with Gasteiger partial charge in [0.15, 0.2) is 0 Å². The third-order valence-electron chi connectivity index (χ3n) is 6.87. The van der Waals surface area contributed by atoms with Crippen molar-refractivity contribution >= 4 is 11.0 Å². The zero-order valence-corrected chi connectivity index (χ0v) is 16.5. The monoisotopic (exact) mass is 376 g/mol. The third-order valence-corrected chi connectivity index (χ3v) is 6.87. The second kappa shape index (κ2) is 7.02. The molecule has 2 atom stereocenters. The predicted molar refractivity (Wildman–Crippen MR) is 110 cm³/mol. The van der Waals surface area contributed by atoms with Crippen molar-refractivity contribution in [3.8, 4) is 0 Å². The average molecular weight is 376 g/mol. The van der Waals surface area contributed by atoms with Crippen molar-refractivity contribution in [1.29, 1.82) is 0 Å². The topological polar surface area (TPSA) is 49.5 Å². The summed E-state index contributed by atoms with van der Waals surface area (Å²) in [5.74, 6) is 1.56. The van der Waals surface area contributed by atoms with Gasteiger partial charge in [0.05, 0.1) is 5.69 Å². The molecule has 5 rings (SSSR count). The fraction of sp³-hybridized carbons (Fsp3) is 0.458. The van der Waals surface area contributed by atoms with Gasteiger partial charge in [-0.3, -0.25) is 9.88 Å². The van der Waals surface area contributed by atoms with Crippen LogP contribution in [0, 0.1) is 11.8 Å². The summed E-state index contributed by atoms with van der Waals surface area (Å²) in [5, 5.41) is 13.0. The number of fused-ring (bicyclic) bond motifs is 3. The SMILES string of the molecule is CCc1oc2ccccc2c1CN1CC2CCCC(C1)C2(O)c1ccccn1. The van der Waals surface area contributed by atoms with Gasteiger partial charge in [0.1, 0.15) is 16.9 Å². The van der Waals surface area contributed by atoms with Gasteiger partial charge in [0.25, 0.3) is 0 Å². The van der Waals surface area contributed by atoms with Crippen LogP contribution in [-0.2, 0) is 18.6 Å². The second-order valence-corrected chi connectivity index (χ2v) is 8.41. The zero-order chi connectivity index (χ0) is 19.1. The third kappa shape index (κ3) is 2.78. The van der Waals surface area contributed by atoms with E-state index in [1.165, 1.54) is 17.4 Å². The summed E-state index contributed by atoms with van der Waals surface area (Å²) in [4.78, 5) is 7.07. The van der Waals surface area contributed by atoms with Gasteiger partial charge in [-0.05, 0) is 31.0 Å². The van der Waals surface area contributed by atoms with Crippen molar-refractivity contribution in [2.24, 2.45) is 11.8 Å². The Morgan fingerprint density at radius 2 is 1.86 bits per heavy atom. The highest BCUT2D eigenvalue weighted by Crippen LogP contribution is 2.49. The van der Waals surface area contributed by atoms with E-state index < -0.39 is 5.60 Å². The summed E-state index contributed by atoms with van der Waals surface area (Å²) < 4.78 is 6.11. The predicted octanol–water partition coefficient (Wildman–Crippen LogP) is 4.51. The Bertz CT molecular complexity index is 951. The Morgan fingerprint density at radius 3 is 2.57 bits per heavy atom. The van der Waals surface area contributed by atoms with Gasteiger partial charge in [-0.15, -0.1) is 0 Å². The van der Waals surface area contributed by atoms with E-state index in [1.807, 2.05) is 24.3 Å². The molecule has 0 spiro atoms. The number of para-hydroxylation sites is 1. The van der Waals surface area contributed by atoms with Crippen molar-refractivity contribution in [3.05, 3.63) is 65.7 Å². The van der Waals surface area contributed by atoms with E-state index in [0.29, 0.717) is 0 Å². The average Bonchev–Trinajstić information content (AvgIpc) is 3.07. The second-order valence-electron chi connectivity index (χ2n) is 8.41. The first-order chi connectivity index (χ1) is 13.7. The number of furan rings is 1. The van der Waals surface area contributed by atoms with Crippen LogP contribution < -0.4 is 0 Å². The van der Waals surface area contributed by atoms with Crippen molar-refractivity contribution < 1.29 is 9.52 Å². The Morgan fingerprint density at radius 1 is 1.11 bits per heavy atom. The number of benzene rings is 1. The first-order valence-corrected chi connectivity index (χ1v) is 10.6. The molecule has 4 heteroatoms. The number of likely N-dealkylation sites (tertiary alicyclic amines) is 1. The molecule has 2 fully saturated rings. The van der Waals surface area contributed by atoms with Gasteiger partial charge < -0.3 is 9.52 Å². The maximum absolute atomic E-state index is 11.7. The summed E-state index contributed by atoms with van der Waals surface area (Å²) >= 11 is 0. The number of nitrogens with zero attached hydrogens (tertiary/aromatic N) is 2. The maximum Gasteiger partial charge on any atom is 0.134 e. The number of pyridine rings is 1. The lowest BCUT2D eigenvalue weighted by Gasteiger charge is -2.52. The van der Waals surface area contributed by atoms with Crippen LogP contribution >= 0.6 is 0 Å². The molecule has 1 aromatic carbocycles. The molecule has 4 nitrogen and oxygen atoms in total. The molecule has 28 heavy (non-hydrogen) atoms. The fourth-order valence-electron chi connectivity index (χ4n) is 5.52. The number of aryl methyl sites for hydroxylation is 1. The first-order valence-electron chi connectivity index (χ1n) is 10.6. The van der Waals surface area contributed by atoms with Crippen LogP contribution in [0.1, 0.15) is 43.2 Å². The molecule has 2 aliphatic rings. The molecular formula is C24H28N2O2. The van der Waals surface area contributed by atoms with Crippen LogP contribution in [0.4, 0.5) is 0 Å². The van der Waals surface area contributed by atoms with Gasteiger partial charge in [-0.1, -0.05) is 37.6 Å². The summed E-state index contributed by atoms with van der Waals surface area (Å²) in [6.45, 7) is 4.87. The number of aliphatic hydroxyl groups is 1. The Balaban J connectivity index is 1.45. The molecule has 146 valence electrons. The lowest BCUT2D eigenvalue weighted by molar-refractivity contribution is -0.151. The molecule has 1 aliphatic heterocycles. The summed E-state index contributed by atoms with van der Waals surface area (Å²) in [6.07, 6.45) is 6.04. The van der Waals surface area contributed by atoms with Gasteiger partial charge in [-0.25, -0.2) is 0 Å². The van der Waals surface area contributed by atoms with Crippen molar-refractivity contribution in [2.45, 2.75) is 44.8 Å². The van der Waals surface area contributed by atoms with Crippen LogP contribution in [0.15, 0.2) is 53.1 Å². The van der Waals surface area contributed by atoms with Crippen LogP contribution in [0.5, 0.6) is 0 Å². The summed E-state index contributed by atoms with van der Waals surface area (Å²) in [6, 6.07) is 14.3. The van der Waals surface area contributed by atoms with E-state index in [0.717, 1.165) is 55.9 Å². The van der Waals surface area contributed by atoms with Crippen LogP contribution in [0.2, 0.25) is 0 Å². The normalized spacial score (nSPS) is 27.9. The lowest BCUT2D eigenvalue weighted by Crippen LogP contribution is -2.58. The minimum atomic E-state index is -0.790. The largest absolute Gasteiger partial charge is 0.461 e. The Hall–Kier alpha value is -2.17. The minimum absolute atomic E-state index is 0.234. The van der Waals surface area contributed by atoms with E-state index in [4.69, 9.17) is 4.42 Å². The number of hydrogen-bond donors (Lipinski definition) is 1. The van der Waals surface area contributed by atoms with E-state index in [9.17, 15) is 5.11 Å². The van der Waals surface area contributed by atoms with Gasteiger partial charge in [-0.2, -0.15) is 0 Å². The van der Waals surface area contributed by atoms with E-state index >= 15 is 0 Å². The highest BCUT2D eigenvalue weighted by Gasteiger charge is 2.52. The van der Waals surface area contributed by atoms with Crippen molar-refractivity contribution in [2.75, 3.05) is 13.1 Å². The molecule has 3 aromatic rings. The lowest BCUT2D eigenvalue weighted by atomic mass is 9.64. The maximum atomic E-state index is 11.7. The summed E-state index contributed by atoms with van der Waals surface area (Å²) in [7, 11) is 0. The highest BCUT2D eigenvalue weighted by molar-refractivity contribution is 5.82. The van der Waals surface area contributed by atoms with Gasteiger partial charge in [0.2, 0.25) is 0 Å². The zero-order valence-electron chi connectivity index (χ0n) is 16.5. The van der Waals surface area contributed by atoms with E-state index in [-0.39, 0.29) is 11.8 Å². The molecule has 1 N–H and O–H groups in total. The highest BCUT2D eigenvalue weighted by atomic mass is 16.3. The number of aromatic nitrogens is 1. The summed E-state index contributed by atoms with van der Waals surface area (Å²) in [5.41, 5.74) is 2.37. The van der Waals surface area contributed by atoms with Gasteiger partial charge in [0, 0.05) is 55.0 Å². The fourth-order valence-corrected chi connectivity index (χ4v) is 5.52. The molecule has 0 radical (unpaired) electrons. The Kier molecular flexibility index (Phi) is 4.48. The standard InChI is InChI=1S/C24H28N2O2/c1-2-21-20(19-10-3-4-11-22(19)28-21)16-26-14-17-8-7-9-18(15-26)24(17,27)23-12-5-6-13-25-23/h3-6,10-13,17-18,27H,2,7-9,14-16H2,1H3. The molecule has 2 bridgehead atoms. The number of rotatable bonds is 4. The molecule has 1 saturated heterocycles.